The van der Waals surface area contributed by atoms with Crippen molar-refractivity contribution >= 4 is 27.9 Å². The fraction of sp³-hybridized carbons (Fsp3) is 0.200. The van der Waals surface area contributed by atoms with E-state index >= 15 is 4.39 Å². The van der Waals surface area contributed by atoms with Crippen LogP contribution in [0.4, 0.5) is 4.39 Å². The van der Waals surface area contributed by atoms with Crippen LogP contribution >= 0.6 is 15.9 Å². The molecule has 0 heterocycles. The summed E-state index contributed by atoms with van der Waals surface area (Å²) in [5, 5.41) is 0. The van der Waals surface area contributed by atoms with Crippen LogP contribution in [0.15, 0.2) is 89.4 Å². The van der Waals surface area contributed by atoms with Gasteiger partial charge in [-0.05, 0) is 28.8 Å². The van der Waals surface area contributed by atoms with E-state index < -0.39 is 29.4 Å². The molecule has 1 aliphatic rings. The van der Waals surface area contributed by atoms with Crippen LogP contribution in [0.1, 0.15) is 22.6 Å². The standard InChI is InChI=1S/C25H20BrFO4/c26-20-13-7-12-19(14-20)21-22(27)25(21,23(28)30-15-17-8-3-1-4-9-17)24(29)31-16-18-10-5-2-6-11-18/h1-14,21-22H,15-16H2/t21-,22-/m1/s1. The molecule has 0 spiro atoms. The Kier molecular flexibility index (Phi) is 6.18. The minimum absolute atomic E-state index is 0.0503. The third-order valence-electron chi connectivity index (χ3n) is 5.42. The zero-order chi connectivity index (χ0) is 21.8. The van der Waals surface area contributed by atoms with Crippen molar-refractivity contribution in [2.45, 2.75) is 25.3 Å². The van der Waals surface area contributed by atoms with Gasteiger partial charge in [-0.1, -0.05) is 88.7 Å². The Bertz CT molecular complexity index is 1020. The highest BCUT2D eigenvalue weighted by Crippen LogP contribution is 2.63. The van der Waals surface area contributed by atoms with Gasteiger partial charge in [0, 0.05) is 10.4 Å². The van der Waals surface area contributed by atoms with Crippen LogP contribution in [0.3, 0.4) is 0 Å². The van der Waals surface area contributed by atoms with Gasteiger partial charge in [0.25, 0.3) is 0 Å². The van der Waals surface area contributed by atoms with E-state index in [4.69, 9.17) is 9.47 Å². The molecule has 0 amide bonds. The Morgan fingerprint density at radius 1 is 0.806 bits per heavy atom. The van der Waals surface area contributed by atoms with Gasteiger partial charge >= 0.3 is 11.9 Å². The van der Waals surface area contributed by atoms with Crippen molar-refractivity contribution in [3.63, 3.8) is 0 Å². The summed E-state index contributed by atoms with van der Waals surface area (Å²) in [6.07, 6.45) is -1.73. The lowest BCUT2D eigenvalue weighted by atomic mass is 9.99. The van der Waals surface area contributed by atoms with Gasteiger partial charge in [0.15, 0.2) is 0 Å². The lowest BCUT2D eigenvalue weighted by Crippen LogP contribution is -2.33. The third-order valence-corrected chi connectivity index (χ3v) is 5.91. The summed E-state index contributed by atoms with van der Waals surface area (Å²) in [6.45, 7) is -0.101. The van der Waals surface area contributed by atoms with Crippen molar-refractivity contribution in [1.82, 2.24) is 0 Å². The molecule has 0 saturated heterocycles. The highest BCUT2D eigenvalue weighted by Gasteiger charge is 2.78. The zero-order valence-electron chi connectivity index (χ0n) is 16.5. The van der Waals surface area contributed by atoms with Crippen molar-refractivity contribution in [2.75, 3.05) is 0 Å². The molecule has 0 unspecified atom stereocenters. The van der Waals surface area contributed by atoms with Crippen LogP contribution in [0, 0.1) is 5.41 Å². The smallest absolute Gasteiger partial charge is 0.327 e. The summed E-state index contributed by atoms with van der Waals surface area (Å²) >= 11 is 3.36. The lowest BCUT2D eigenvalue weighted by Gasteiger charge is -2.16. The quantitative estimate of drug-likeness (QED) is 0.336. The molecule has 0 aliphatic heterocycles. The average molecular weight is 483 g/mol. The molecule has 158 valence electrons. The topological polar surface area (TPSA) is 52.6 Å². The van der Waals surface area contributed by atoms with Gasteiger partial charge in [0.1, 0.15) is 19.4 Å². The van der Waals surface area contributed by atoms with E-state index in [1.165, 1.54) is 0 Å². The molecule has 4 rings (SSSR count). The predicted molar refractivity (Wildman–Crippen MR) is 117 cm³/mol. The van der Waals surface area contributed by atoms with Crippen molar-refractivity contribution in [3.05, 3.63) is 106 Å². The third kappa shape index (κ3) is 4.26. The molecular weight excluding hydrogens is 463 g/mol. The van der Waals surface area contributed by atoms with E-state index in [0.29, 0.717) is 5.56 Å². The minimum atomic E-state index is -2.01. The van der Waals surface area contributed by atoms with Crippen LogP contribution in [0.2, 0.25) is 0 Å². The molecule has 2 atom stereocenters. The molecule has 4 nitrogen and oxygen atoms in total. The van der Waals surface area contributed by atoms with E-state index in [2.05, 4.69) is 15.9 Å². The van der Waals surface area contributed by atoms with Crippen LogP contribution < -0.4 is 0 Å². The van der Waals surface area contributed by atoms with Crippen LogP contribution in [0.5, 0.6) is 0 Å². The number of rotatable bonds is 7. The van der Waals surface area contributed by atoms with Crippen molar-refractivity contribution in [3.8, 4) is 0 Å². The van der Waals surface area contributed by atoms with E-state index in [1.54, 1.807) is 48.5 Å². The van der Waals surface area contributed by atoms with Crippen LogP contribution in [0.25, 0.3) is 0 Å². The van der Waals surface area contributed by atoms with E-state index in [-0.39, 0.29) is 13.2 Å². The first kappa shape index (κ1) is 21.2. The maximum absolute atomic E-state index is 15.2. The van der Waals surface area contributed by atoms with Crippen LogP contribution in [-0.2, 0) is 32.3 Å². The molecule has 3 aromatic rings. The maximum atomic E-state index is 15.2. The second-order valence-electron chi connectivity index (χ2n) is 7.43. The first-order valence-electron chi connectivity index (χ1n) is 9.85. The Balaban J connectivity index is 1.57. The summed E-state index contributed by atoms with van der Waals surface area (Å²) < 4.78 is 26.8. The largest absolute Gasteiger partial charge is 0.460 e. The highest BCUT2D eigenvalue weighted by molar-refractivity contribution is 9.10. The highest BCUT2D eigenvalue weighted by atomic mass is 79.9. The molecule has 1 fully saturated rings. The van der Waals surface area contributed by atoms with E-state index in [1.807, 2.05) is 36.4 Å². The number of benzene rings is 3. The molecule has 1 saturated carbocycles. The molecule has 3 aromatic carbocycles. The first-order valence-corrected chi connectivity index (χ1v) is 10.6. The van der Waals surface area contributed by atoms with Gasteiger partial charge in [-0.2, -0.15) is 0 Å². The molecule has 1 aliphatic carbocycles. The number of carbonyl (C=O) groups excluding carboxylic acids is 2. The molecule has 0 aromatic heterocycles. The number of alkyl halides is 1. The number of hydrogen-bond acceptors (Lipinski definition) is 4. The second-order valence-corrected chi connectivity index (χ2v) is 8.34. The summed E-state index contributed by atoms with van der Waals surface area (Å²) in [5.74, 6) is -2.78. The number of ether oxygens (including phenoxy) is 2. The van der Waals surface area contributed by atoms with Gasteiger partial charge in [-0.25, -0.2) is 4.39 Å². The predicted octanol–water partition coefficient (Wildman–Crippen LogP) is 5.36. The number of hydrogen-bond donors (Lipinski definition) is 0. The Hall–Kier alpha value is -2.99. The monoisotopic (exact) mass is 482 g/mol. The normalized spacial score (nSPS) is 18.8. The summed E-state index contributed by atoms with van der Waals surface area (Å²) in [5.41, 5.74) is 0.0253. The Labute approximate surface area is 188 Å². The van der Waals surface area contributed by atoms with E-state index in [9.17, 15) is 9.59 Å². The Morgan fingerprint density at radius 3 is 1.81 bits per heavy atom. The molecule has 31 heavy (non-hydrogen) atoms. The van der Waals surface area contributed by atoms with Crippen molar-refractivity contribution in [2.24, 2.45) is 5.41 Å². The number of esters is 2. The SMILES string of the molecule is O=C(OCc1ccccc1)C1(C(=O)OCc2ccccc2)[C@H](F)[C@H]1c1cccc(Br)c1. The number of halogens is 2. The van der Waals surface area contributed by atoms with Crippen molar-refractivity contribution in [1.29, 1.82) is 0 Å². The molecule has 6 heteroatoms. The second kappa shape index (κ2) is 9.02. The van der Waals surface area contributed by atoms with Gasteiger partial charge in [-0.3, -0.25) is 9.59 Å². The van der Waals surface area contributed by atoms with Crippen LogP contribution in [-0.4, -0.2) is 18.1 Å². The molecular formula is C25H20BrFO4. The molecule has 0 N–H and O–H groups in total. The lowest BCUT2D eigenvalue weighted by molar-refractivity contribution is -0.167. The minimum Gasteiger partial charge on any atom is -0.460 e. The summed E-state index contributed by atoms with van der Waals surface area (Å²) in [6, 6.07) is 25.0. The van der Waals surface area contributed by atoms with Gasteiger partial charge < -0.3 is 9.47 Å². The first-order chi connectivity index (χ1) is 15.0. The fourth-order valence-electron chi connectivity index (χ4n) is 3.73. The Morgan fingerprint density at radius 2 is 1.32 bits per heavy atom. The van der Waals surface area contributed by atoms with Gasteiger partial charge in [-0.15, -0.1) is 0 Å². The fourth-order valence-corrected chi connectivity index (χ4v) is 4.14. The van der Waals surface area contributed by atoms with E-state index in [0.717, 1.165) is 15.6 Å². The average Bonchev–Trinajstić information content (AvgIpc) is 3.43. The van der Waals surface area contributed by atoms with Gasteiger partial charge in [0.2, 0.25) is 5.41 Å². The summed E-state index contributed by atoms with van der Waals surface area (Å²) in [4.78, 5) is 26.1. The maximum Gasteiger partial charge on any atom is 0.327 e. The van der Waals surface area contributed by atoms with Gasteiger partial charge in [0.05, 0.1) is 0 Å². The summed E-state index contributed by atoms with van der Waals surface area (Å²) in [7, 11) is 0. The molecule has 0 radical (unpaired) electrons. The molecule has 0 bridgehead atoms. The number of carbonyl (C=O) groups is 2. The zero-order valence-corrected chi connectivity index (χ0v) is 18.1. The van der Waals surface area contributed by atoms with Crippen molar-refractivity contribution < 1.29 is 23.5 Å².